The molecule has 7 rings (SSSR count). The molecule has 10 heteroatoms. The van der Waals surface area contributed by atoms with Gasteiger partial charge >= 0.3 is 0 Å². The molecule has 192 valence electrons. The van der Waals surface area contributed by atoms with Gasteiger partial charge in [0.25, 0.3) is 6.47 Å². The van der Waals surface area contributed by atoms with Crippen molar-refractivity contribution in [1.82, 2.24) is 15.2 Å². The van der Waals surface area contributed by atoms with Gasteiger partial charge in [-0.1, -0.05) is 11.6 Å². The van der Waals surface area contributed by atoms with E-state index in [0.717, 1.165) is 57.7 Å². The molecule has 0 spiro atoms. The van der Waals surface area contributed by atoms with Gasteiger partial charge in [0.15, 0.2) is 0 Å². The maximum absolute atomic E-state index is 12.2. The lowest BCUT2D eigenvalue weighted by atomic mass is 9.92. The summed E-state index contributed by atoms with van der Waals surface area (Å²) in [6, 6.07) is 8.91. The first-order chi connectivity index (χ1) is 18.0. The minimum absolute atomic E-state index is 0.0839. The number of anilines is 1. The quantitative estimate of drug-likeness (QED) is 0.378. The van der Waals surface area contributed by atoms with E-state index in [0.29, 0.717) is 31.3 Å². The molecule has 3 atom stereocenters. The number of hydrogen-bond donors (Lipinski definition) is 2. The lowest BCUT2D eigenvalue weighted by molar-refractivity contribution is -0.139. The second kappa shape index (κ2) is 9.70. The summed E-state index contributed by atoms with van der Waals surface area (Å²) in [4.78, 5) is 42.3. The van der Waals surface area contributed by atoms with E-state index in [-0.39, 0.29) is 18.3 Å². The molecule has 0 radical (unpaired) electrons. The summed E-state index contributed by atoms with van der Waals surface area (Å²) < 4.78 is 1.09. The van der Waals surface area contributed by atoms with Crippen LogP contribution in [0.25, 0.3) is 21.3 Å². The smallest absolute Gasteiger partial charge is 0.290 e. The average molecular weight is 539 g/mol. The number of thiophene rings is 1. The largest absolute Gasteiger partial charge is 0.483 e. The van der Waals surface area contributed by atoms with Crippen molar-refractivity contribution < 1.29 is 19.5 Å². The Kier molecular flexibility index (Phi) is 6.38. The highest BCUT2D eigenvalue weighted by Crippen LogP contribution is 2.58. The van der Waals surface area contributed by atoms with Crippen LogP contribution in [0.2, 0.25) is 5.02 Å². The molecule has 0 unspecified atom stereocenters. The zero-order valence-electron chi connectivity index (χ0n) is 20.2. The van der Waals surface area contributed by atoms with E-state index in [2.05, 4.69) is 33.4 Å². The second-order valence-electron chi connectivity index (χ2n) is 10.1. The number of benzene rings is 1. The molecule has 2 aromatic heterocycles. The molecule has 3 aliphatic heterocycles. The van der Waals surface area contributed by atoms with E-state index in [9.17, 15) is 9.59 Å². The fourth-order valence-electron chi connectivity index (χ4n) is 6.07. The Morgan fingerprint density at radius 3 is 2.70 bits per heavy atom. The van der Waals surface area contributed by atoms with Crippen LogP contribution in [0.15, 0.2) is 30.5 Å². The Balaban J connectivity index is 0.000000804. The van der Waals surface area contributed by atoms with Crippen molar-refractivity contribution in [3.05, 3.63) is 45.9 Å². The number of hydrogen-bond acceptors (Lipinski definition) is 7. The van der Waals surface area contributed by atoms with Gasteiger partial charge in [-0.3, -0.25) is 24.3 Å². The van der Waals surface area contributed by atoms with E-state index in [4.69, 9.17) is 21.5 Å². The number of imide groups is 1. The molecule has 3 aromatic rings. The minimum atomic E-state index is -0.250. The van der Waals surface area contributed by atoms with Crippen LogP contribution < -0.4 is 10.2 Å². The predicted octanol–water partition coefficient (Wildman–Crippen LogP) is 4.25. The Labute approximate surface area is 223 Å². The zero-order valence-corrected chi connectivity index (χ0v) is 21.7. The summed E-state index contributed by atoms with van der Waals surface area (Å²) in [6.45, 7) is 3.28. The molecule has 0 bridgehead atoms. The normalized spacial score (nSPS) is 24.1. The lowest BCUT2D eigenvalue weighted by Gasteiger charge is -2.37. The molecule has 4 aliphatic rings. The maximum Gasteiger partial charge on any atom is 0.290 e. The Morgan fingerprint density at radius 1 is 1.19 bits per heavy atom. The van der Waals surface area contributed by atoms with Crippen LogP contribution in [0.3, 0.4) is 0 Å². The number of likely N-dealkylation sites (tertiary alicyclic amines) is 1. The number of aromatic nitrogens is 1. The molecule has 37 heavy (non-hydrogen) atoms. The highest BCUT2D eigenvalue weighted by Gasteiger charge is 2.47. The highest BCUT2D eigenvalue weighted by molar-refractivity contribution is 7.19. The highest BCUT2D eigenvalue weighted by atomic mass is 35.5. The average Bonchev–Trinajstić information content (AvgIpc) is 3.18. The molecule has 5 heterocycles. The fourth-order valence-corrected chi connectivity index (χ4v) is 7.43. The van der Waals surface area contributed by atoms with Crippen LogP contribution in [0.1, 0.15) is 42.0 Å². The summed E-state index contributed by atoms with van der Waals surface area (Å²) in [5.41, 5.74) is 5.94. The molecule has 1 aromatic carbocycles. The van der Waals surface area contributed by atoms with Gasteiger partial charge < -0.3 is 15.3 Å². The number of amides is 2. The maximum atomic E-state index is 12.2. The van der Waals surface area contributed by atoms with E-state index in [1.54, 1.807) is 11.3 Å². The standard InChI is InChI=1S/C26H25ClN4O2S.CH2O2/c27-15-8-20(25-21(9-15)19-7-14(19)12-30(25)16-3-5-28-11-16)18-4-6-29-22-10-17(34-26(18)22)13-31-23(32)1-2-24(31)33;2-1-3/h4,6,8-10,14,16,19,28H,1-3,5,7,11-13H2;1H,(H,2,3)/t14-,16+,19-;/m0./s1. The third kappa shape index (κ3) is 4.39. The summed E-state index contributed by atoms with van der Waals surface area (Å²) in [6.07, 6.45) is 4.89. The van der Waals surface area contributed by atoms with Crippen LogP contribution >= 0.6 is 22.9 Å². The van der Waals surface area contributed by atoms with Crippen LogP contribution in [0, 0.1) is 5.92 Å². The second-order valence-corrected chi connectivity index (χ2v) is 11.6. The molecule has 8 nitrogen and oxygen atoms in total. The van der Waals surface area contributed by atoms with Crippen LogP contribution in [-0.4, -0.2) is 59.0 Å². The number of nitrogens with zero attached hydrogens (tertiary/aromatic N) is 3. The first-order valence-corrected chi connectivity index (χ1v) is 13.8. The first-order valence-electron chi connectivity index (χ1n) is 12.6. The summed E-state index contributed by atoms with van der Waals surface area (Å²) >= 11 is 8.33. The SMILES string of the molecule is O=C1CCC(=O)N1Cc1cc2nccc(-c3cc(Cl)cc4c3N([C@@H]3CCNC3)C[C@@H]3C[C@H]43)c2s1.O=CO. The number of pyridine rings is 1. The van der Waals surface area contributed by atoms with Gasteiger partial charge in [0.1, 0.15) is 0 Å². The third-order valence-corrected chi connectivity index (χ3v) is 9.20. The van der Waals surface area contributed by atoms with Crippen molar-refractivity contribution in [1.29, 1.82) is 0 Å². The van der Waals surface area contributed by atoms with Crippen LogP contribution in [0.5, 0.6) is 0 Å². The monoisotopic (exact) mass is 538 g/mol. The number of halogens is 1. The van der Waals surface area contributed by atoms with Crippen molar-refractivity contribution in [2.75, 3.05) is 24.5 Å². The summed E-state index contributed by atoms with van der Waals surface area (Å²) in [7, 11) is 0. The van der Waals surface area contributed by atoms with Gasteiger partial charge in [-0.05, 0) is 61.1 Å². The summed E-state index contributed by atoms with van der Waals surface area (Å²) in [5, 5.41) is 11.2. The molecule has 1 aliphatic carbocycles. The molecule has 2 saturated heterocycles. The molecular formula is C27H27ClN4O4S. The molecular weight excluding hydrogens is 512 g/mol. The van der Waals surface area contributed by atoms with Crippen LogP contribution in [-0.2, 0) is 20.9 Å². The van der Waals surface area contributed by atoms with Gasteiger partial charge in [-0.25, -0.2) is 0 Å². The van der Waals surface area contributed by atoms with Crippen molar-refractivity contribution >= 4 is 57.1 Å². The number of carbonyl (C=O) groups excluding carboxylic acids is 2. The molecule has 2 amide bonds. The molecule has 3 fully saturated rings. The van der Waals surface area contributed by atoms with Crippen molar-refractivity contribution in [2.24, 2.45) is 5.92 Å². The topological polar surface area (TPSA) is 103 Å². The van der Waals surface area contributed by atoms with Gasteiger partial charge in [0, 0.05) is 64.9 Å². The van der Waals surface area contributed by atoms with Crippen molar-refractivity contribution in [2.45, 2.75) is 44.2 Å². The molecule has 2 N–H and O–H groups in total. The summed E-state index contributed by atoms with van der Waals surface area (Å²) in [5.74, 6) is 1.18. The van der Waals surface area contributed by atoms with E-state index < -0.39 is 0 Å². The first kappa shape index (κ1) is 24.3. The number of nitrogens with one attached hydrogen (secondary N) is 1. The van der Waals surface area contributed by atoms with Gasteiger partial charge in [-0.2, -0.15) is 0 Å². The van der Waals surface area contributed by atoms with Crippen LogP contribution in [0.4, 0.5) is 5.69 Å². The fraction of sp³-hybridized carbons (Fsp3) is 0.407. The Hall–Kier alpha value is -3.01. The van der Waals surface area contributed by atoms with E-state index in [1.165, 1.54) is 28.1 Å². The molecule has 1 saturated carbocycles. The third-order valence-electron chi connectivity index (χ3n) is 7.84. The number of rotatable bonds is 4. The van der Waals surface area contributed by atoms with Gasteiger partial charge in [-0.15, -0.1) is 11.3 Å². The number of fused-ring (bicyclic) bond motifs is 4. The number of carboxylic acid groups (broad SMARTS) is 1. The van der Waals surface area contributed by atoms with Gasteiger partial charge in [0.2, 0.25) is 11.8 Å². The Morgan fingerprint density at radius 2 is 1.97 bits per heavy atom. The van der Waals surface area contributed by atoms with Crippen molar-refractivity contribution in [3.63, 3.8) is 0 Å². The Bertz CT molecular complexity index is 1390. The van der Waals surface area contributed by atoms with E-state index >= 15 is 0 Å². The lowest BCUT2D eigenvalue weighted by Crippen LogP contribution is -2.41. The predicted molar refractivity (Wildman–Crippen MR) is 143 cm³/mol. The minimum Gasteiger partial charge on any atom is -0.483 e. The zero-order chi connectivity index (χ0) is 25.7. The van der Waals surface area contributed by atoms with E-state index in [1.807, 2.05) is 12.3 Å². The van der Waals surface area contributed by atoms with Crippen molar-refractivity contribution in [3.8, 4) is 11.1 Å². The number of carbonyl (C=O) groups is 3. The van der Waals surface area contributed by atoms with Gasteiger partial charge in [0.05, 0.1) is 16.8 Å².